The minimum Gasteiger partial charge on any atom is -0.497 e. The van der Waals surface area contributed by atoms with Gasteiger partial charge in [0, 0.05) is 33.2 Å². The summed E-state index contributed by atoms with van der Waals surface area (Å²) in [7, 11) is 3.54. The van der Waals surface area contributed by atoms with Crippen LogP contribution >= 0.6 is 0 Å². The van der Waals surface area contributed by atoms with E-state index in [1.807, 2.05) is 19.2 Å². The number of ether oxygens (including phenoxy) is 2. The topological polar surface area (TPSA) is 58.1 Å². The van der Waals surface area contributed by atoms with E-state index in [9.17, 15) is 0 Å². The van der Waals surface area contributed by atoms with E-state index < -0.39 is 0 Å². The Kier molecular flexibility index (Phi) is 8.83. The number of aliphatic imine (C=N–C) groups is 1. The molecule has 1 heterocycles. The molecule has 160 valence electrons. The number of allylic oxidation sites excluding steroid dienone is 1. The summed E-state index contributed by atoms with van der Waals surface area (Å²) in [6.07, 6.45) is 8.69. The molecule has 0 amide bonds. The molecule has 2 aliphatic rings. The van der Waals surface area contributed by atoms with Crippen LogP contribution in [0.5, 0.6) is 5.75 Å². The van der Waals surface area contributed by atoms with Gasteiger partial charge in [0.2, 0.25) is 0 Å². The molecule has 29 heavy (non-hydrogen) atoms. The van der Waals surface area contributed by atoms with E-state index in [4.69, 9.17) is 9.47 Å². The predicted molar refractivity (Wildman–Crippen MR) is 119 cm³/mol. The van der Waals surface area contributed by atoms with Crippen LogP contribution in [0.2, 0.25) is 0 Å². The predicted octanol–water partition coefficient (Wildman–Crippen LogP) is 3.12. The van der Waals surface area contributed by atoms with Crippen molar-refractivity contribution in [1.29, 1.82) is 0 Å². The Morgan fingerprint density at radius 2 is 1.97 bits per heavy atom. The number of hydrogen-bond acceptors (Lipinski definition) is 4. The summed E-state index contributed by atoms with van der Waals surface area (Å²) in [6, 6.07) is 8.66. The molecule has 1 aliphatic heterocycles. The van der Waals surface area contributed by atoms with Gasteiger partial charge in [-0.1, -0.05) is 23.8 Å². The van der Waals surface area contributed by atoms with Crippen molar-refractivity contribution in [3.63, 3.8) is 0 Å². The quantitative estimate of drug-likeness (QED) is 0.399. The van der Waals surface area contributed by atoms with E-state index in [1.54, 1.807) is 12.7 Å². The number of methoxy groups -OCH3 is 1. The molecular weight excluding hydrogens is 364 g/mol. The van der Waals surface area contributed by atoms with Gasteiger partial charge in [0.05, 0.1) is 26.4 Å². The minimum absolute atomic E-state index is 0.268. The van der Waals surface area contributed by atoms with E-state index >= 15 is 0 Å². The number of nitrogens with one attached hydrogen (secondary N) is 2. The Balaban J connectivity index is 1.56. The van der Waals surface area contributed by atoms with Gasteiger partial charge < -0.3 is 20.1 Å². The molecule has 1 aromatic carbocycles. The maximum Gasteiger partial charge on any atom is 0.191 e. The Morgan fingerprint density at radius 1 is 1.17 bits per heavy atom. The normalized spacial score (nSPS) is 19.4. The molecule has 6 nitrogen and oxygen atoms in total. The first-order valence-electron chi connectivity index (χ1n) is 10.9. The molecule has 6 heteroatoms. The Morgan fingerprint density at radius 3 is 2.62 bits per heavy atom. The number of rotatable bonds is 8. The van der Waals surface area contributed by atoms with Crippen molar-refractivity contribution < 1.29 is 9.47 Å². The number of morpholine rings is 1. The summed E-state index contributed by atoms with van der Waals surface area (Å²) in [5.74, 6) is 1.75. The van der Waals surface area contributed by atoms with E-state index in [2.05, 4.69) is 38.7 Å². The standard InChI is InChI=1S/C23H36N4O2/c1-24-23(25-13-12-19-6-4-3-5-7-19)26-18-22(27-14-16-29-17-15-27)20-8-10-21(28-2)11-9-20/h6,8-11,22H,3-5,7,12-18H2,1-2H3,(H2,24,25,26). The van der Waals surface area contributed by atoms with E-state index in [0.717, 1.165) is 57.5 Å². The van der Waals surface area contributed by atoms with Gasteiger partial charge in [-0.25, -0.2) is 0 Å². The minimum atomic E-state index is 0.268. The molecule has 1 saturated heterocycles. The molecular formula is C23H36N4O2. The van der Waals surface area contributed by atoms with Crippen molar-refractivity contribution in [1.82, 2.24) is 15.5 Å². The summed E-state index contributed by atoms with van der Waals surface area (Å²) in [4.78, 5) is 6.91. The highest BCUT2D eigenvalue weighted by Gasteiger charge is 2.23. The fourth-order valence-electron chi connectivity index (χ4n) is 4.06. The van der Waals surface area contributed by atoms with Crippen molar-refractivity contribution in [2.24, 2.45) is 4.99 Å². The molecule has 1 fully saturated rings. The number of benzene rings is 1. The third-order valence-electron chi connectivity index (χ3n) is 5.80. The van der Waals surface area contributed by atoms with Crippen LogP contribution in [0, 0.1) is 0 Å². The van der Waals surface area contributed by atoms with Gasteiger partial charge >= 0.3 is 0 Å². The molecule has 3 rings (SSSR count). The van der Waals surface area contributed by atoms with Gasteiger partial charge in [-0.05, 0) is 49.8 Å². The Labute approximate surface area is 175 Å². The second-order valence-corrected chi connectivity index (χ2v) is 7.68. The highest BCUT2D eigenvalue weighted by atomic mass is 16.5. The monoisotopic (exact) mass is 400 g/mol. The van der Waals surface area contributed by atoms with Crippen LogP contribution in [-0.2, 0) is 4.74 Å². The first kappa shape index (κ1) is 21.7. The SMILES string of the molecule is CN=C(NCCC1=CCCCC1)NCC(c1ccc(OC)cc1)N1CCOCC1. The zero-order valence-corrected chi connectivity index (χ0v) is 18.0. The third kappa shape index (κ3) is 6.75. The van der Waals surface area contributed by atoms with Crippen LogP contribution in [-0.4, -0.2) is 64.4 Å². The number of nitrogens with zero attached hydrogens (tertiary/aromatic N) is 2. The average molecular weight is 401 g/mol. The van der Waals surface area contributed by atoms with Crippen LogP contribution in [0.25, 0.3) is 0 Å². The fraction of sp³-hybridized carbons (Fsp3) is 0.609. The number of guanidine groups is 1. The zero-order chi connectivity index (χ0) is 20.3. The van der Waals surface area contributed by atoms with Crippen molar-refractivity contribution in [2.45, 2.75) is 38.1 Å². The van der Waals surface area contributed by atoms with E-state index in [-0.39, 0.29) is 6.04 Å². The third-order valence-corrected chi connectivity index (χ3v) is 5.80. The molecule has 1 unspecified atom stereocenters. The van der Waals surface area contributed by atoms with Gasteiger partial charge in [0.15, 0.2) is 5.96 Å². The van der Waals surface area contributed by atoms with Crippen LogP contribution in [0.4, 0.5) is 0 Å². The van der Waals surface area contributed by atoms with Gasteiger partial charge in [-0.2, -0.15) is 0 Å². The largest absolute Gasteiger partial charge is 0.497 e. The fourth-order valence-corrected chi connectivity index (χ4v) is 4.06. The summed E-state index contributed by atoms with van der Waals surface area (Å²) in [6.45, 7) is 5.19. The molecule has 0 aromatic heterocycles. The highest BCUT2D eigenvalue weighted by molar-refractivity contribution is 5.79. The van der Waals surface area contributed by atoms with Crippen LogP contribution in [0.3, 0.4) is 0 Å². The van der Waals surface area contributed by atoms with Crippen molar-refractivity contribution in [2.75, 3.05) is 53.6 Å². The van der Waals surface area contributed by atoms with Crippen LogP contribution in [0.1, 0.15) is 43.7 Å². The molecule has 1 aliphatic carbocycles. The van der Waals surface area contributed by atoms with E-state index in [0.29, 0.717) is 0 Å². The van der Waals surface area contributed by atoms with Crippen molar-refractivity contribution >= 4 is 5.96 Å². The Hall–Kier alpha value is -2.05. The summed E-state index contributed by atoms with van der Waals surface area (Å²) < 4.78 is 10.9. The second kappa shape index (κ2) is 11.8. The van der Waals surface area contributed by atoms with Crippen molar-refractivity contribution in [3.8, 4) is 5.75 Å². The molecule has 0 radical (unpaired) electrons. The molecule has 1 atom stereocenters. The van der Waals surface area contributed by atoms with Gasteiger partial charge in [0.1, 0.15) is 5.75 Å². The molecule has 0 saturated carbocycles. The maximum atomic E-state index is 5.56. The lowest BCUT2D eigenvalue weighted by atomic mass is 9.97. The first-order valence-corrected chi connectivity index (χ1v) is 10.9. The lowest BCUT2D eigenvalue weighted by Crippen LogP contribution is -2.46. The van der Waals surface area contributed by atoms with Gasteiger partial charge in [-0.15, -0.1) is 0 Å². The summed E-state index contributed by atoms with van der Waals surface area (Å²) in [5, 5.41) is 7.02. The molecule has 2 N–H and O–H groups in total. The number of hydrogen-bond donors (Lipinski definition) is 2. The molecule has 0 bridgehead atoms. The highest BCUT2D eigenvalue weighted by Crippen LogP contribution is 2.24. The second-order valence-electron chi connectivity index (χ2n) is 7.68. The molecule has 0 spiro atoms. The molecule has 1 aromatic rings. The van der Waals surface area contributed by atoms with Gasteiger partial charge in [0.25, 0.3) is 0 Å². The summed E-state index contributed by atoms with van der Waals surface area (Å²) >= 11 is 0. The van der Waals surface area contributed by atoms with Gasteiger partial charge in [-0.3, -0.25) is 9.89 Å². The smallest absolute Gasteiger partial charge is 0.191 e. The Bertz CT molecular complexity index is 666. The lowest BCUT2D eigenvalue weighted by Gasteiger charge is -2.35. The lowest BCUT2D eigenvalue weighted by molar-refractivity contribution is 0.0170. The van der Waals surface area contributed by atoms with Crippen LogP contribution in [0.15, 0.2) is 40.9 Å². The van der Waals surface area contributed by atoms with E-state index in [1.165, 1.54) is 31.2 Å². The average Bonchev–Trinajstić information content (AvgIpc) is 2.80. The van der Waals surface area contributed by atoms with Crippen LogP contribution < -0.4 is 15.4 Å². The first-order chi connectivity index (χ1) is 14.3. The van der Waals surface area contributed by atoms with Crippen molar-refractivity contribution in [3.05, 3.63) is 41.5 Å². The maximum absolute atomic E-state index is 5.56. The summed E-state index contributed by atoms with van der Waals surface area (Å²) in [5.41, 5.74) is 2.87. The zero-order valence-electron chi connectivity index (χ0n) is 18.0.